The Labute approximate surface area is 127 Å². The molecule has 2 atom stereocenters. The zero-order valence-electron chi connectivity index (χ0n) is 13.1. The van der Waals surface area contributed by atoms with Gasteiger partial charge in [0.15, 0.2) is 0 Å². The fraction of sp³-hybridized carbons (Fsp3) is 0.588. The van der Waals surface area contributed by atoms with Gasteiger partial charge in [0.25, 0.3) is 0 Å². The highest BCUT2D eigenvalue weighted by Crippen LogP contribution is 2.16. The number of carbonyl (C=O) groups is 1. The predicted molar refractivity (Wildman–Crippen MR) is 86.0 cm³/mol. The highest BCUT2D eigenvalue weighted by atomic mass is 16.1. The summed E-state index contributed by atoms with van der Waals surface area (Å²) in [5, 5.41) is 3.33. The summed E-state index contributed by atoms with van der Waals surface area (Å²) in [6, 6.07) is 11.4. The molecule has 1 aromatic rings. The molecule has 21 heavy (non-hydrogen) atoms. The van der Waals surface area contributed by atoms with Crippen LogP contribution in [0.5, 0.6) is 0 Å². The molecule has 1 aliphatic rings. The number of hydrogen-bond donors (Lipinski definition) is 2. The molecule has 3 N–H and O–H groups in total. The first-order chi connectivity index (χ1) is 10.1. The molecule has 1 unspecified atom stereocenters. The second-order valence-electron chi connectivity index (χ2n) is 6.14. The normalized spacial score (nSPS) is 20.1. The van der Waals surface area contributed by atoms with Crippen molar-refractivity contribution in [1.29, 1.82) is 0 Å². The number of benzene rings is 1. The van der Waals surface area contributed by atoms with Crippen molar-refractivity contribution in [3.05, 3.63) is 35.9 Å². The number of nitrogens with zero attached hydrogens (tertiary/aromatic N) is 1. The van der Waals surface area contributed by atoms with Crippen molar-refractivity contribution in [2.45, 2.75) is 51.2 Å². The molecule has 1 aliphatic heterocycles. The number of primary amides is 1. The Morgan fingerprint density at radius 2 is 1.90 bits per heavy atom. The fourth-order valence-corrected chi connectivity index (χ4v) is 3.03. The van der Waals surface area contributed by atoms with Gasteiger partial charge in [-0.2, -0.15) is 0 Å². The van der Waals surface area contributed by atoms with Crippen LogP contribution in [-0.4, -0.2) is 42.0 Å². The first kappa shape index (κ1) is 16.0. The lowest BCUT2D eigenvalue weighted by molar-refractivity contribution is -0.119. The van der Waals surface area contributed by atoms with Gasteiger partial charge in [-0.15, -0.1) is 0 Å². The van der Waals surface area contributed by atoms with E-state index in [-0.39, 0.29) is 11.9 Å². The monoisotopic (exact) mass is 289 g/mol. The van der Waals surface area contributed by atoms with Crippen LogP contribution in [0.4, 0.5) is 0 Å². The number of hydrogen-bond acceptors (Lipinski definition) is 3. The molecule has 0 saturated carbocycles. The van der Waals surface area contributed by atoms with Gasteiger partial charge in [-0.25, -0.2) is 0 Å². The second-order valence-corrected chi connectivity index (χ2v) is 6.14. The maximum atomic E-state index is 11.1. The van der Waals surface area contributed by atoms with E-state index < -0.39 is 0 Å². The van der Waals surface area contributed by atoms with E-state index in [9.17, 15) is 4.79 Å². The zero-order chi connectivity index (χ0) is 15.2. The summed E-state index contributed by atoms with van der Waals surface area (Å²) >= 11 is 0. The van der Waals surface area contributed by atoms with Gasteiger partial charge in [-0.05, 0) is 51.8 Å². The van der Waals surface area contributed by atoms with Crippen LogP contribution >= 0.6 is 0 Å². The predicted octanol–water partition coefficient (Wildman–Crippen LogP) is 1.55. The SMILES string of the molecule is CC(Cc1ccccc1)N1CCC(N[C@H](C)C(N)=O)CC1. The molecule has 4 heteroatoms. The number of nitrogens with one attached hydrogen (secondary N) is 1. The quantitative estimate of drug-likeness (QED) is 0.835. The Hall–Kier alpha value is -1.39. The summed E-state index contributed by atoms with van der Waals surface area (Å²) in [6.45, 7) is 6.30. The Morgan fingerprint density at radius 1 is 1.29 bits per heavy atom. The fourth-order valence-electron chi connectivity index (χ4n) is 3.03. The molecule has 0 bridgehead atoms. The van der Waals surface area contributed by atoms with Gasteiger partial charge >= 0.3 is 0 Å². The Morgan fingerprint density at radius 3 is 2.48 bits per heavy atom. The molecule has 1 saturated heterocycles. The third-order valence-electron chi connectivity index (χ3n) is 4.44. The van der Waals surface area contributed by atoms with Crippen LogP contribution in [0.1, 0.15) is 32.3 Å². The van der Waals surface area contributed by atoms with Crippen molar-refractivity contribution in [3.8, 4) is 0 Å². The average molecular weight is 289 g/mol. The summed E-state index contributed by atoms with van der Waals surface area (Å²) in [5.41, 5.74) is 6.70. The van der Waals surface area contributed by atoms with Gasteiger partial charge in [0.05, 0.1) is 6.04 Å². The van der Waals surface area contributed by atoms with Gasteiger partial charge in [0.1, 0.15) is 0 Å². The molecule has 1 heterocycles. The van der Waals surface area contributed by atoms with E-state index in [0.29, 0.717) is 12.1 Å². The van der Waals surface area contributed by atoms with Crippen molar-refractivity contribution >= 4 is 5.91 Å². The van der Waals surface area contributed by atoms with E-state index in [4.69, 9.17) is 5.73 Å². The van der Waals surface area contributed by atoms with E-state index in [0.717, 1.165) is 32.4 Å². The minimum Gasteiger partial charge on any atom is -0.368 e. The van der Waals surface area contributed by atoms with Gasteiger partial charge in [-0.3, -0.25) is 4.79 Å². The lowest BCUT2D eigenvalue weighted by Crippen LogP contribution is -2.51. The van der Waals surface area contributed by atoms with Crippen molar-refractivity contribution < 1.29 is 4.79 Å². The molecular formula is C17H27N3O. The van der Waals surface area contributed by atoms with E-state index in [2.05, 4.69) is 47.5 Å². The van der Waals surface area contributed by atoms with Crippen LogP contribution < -0.4 is 11.1 Å². The number of nitrogens with two attached hydrogens (primary N) is 1. The largest absolute Gasteiger partial charge is 0.368 e. The minimum absolute atomic E-state index is 0.233. The van der Waals surface area contributed by atoms with Crippen LogP contribution in [-0.2, 0) is 11.2 Å². The van der Waals surface area contributed by atoms with Crippen LogP contribution in [0.25, 0.3) is 0 Å². The number of rotatable bonds is 6. The van der Waals surface area contributed by atoms with Crippen molar-refractivity contribution in [2.75, 3.05) is 13.1 Å². The van der Waals surface area contributed by atoms with E-state index in [1.807, 2.05) is 6.92 Å². The average Bonchev–Trinajstić information content (AvgIpc) is 2.48. The molecular weight excluding hydrogens is 262 g/mol. The topological polar surface area (TPSA) is 58.4 Å². The van der Waals surface area contributed by atoms with Crippen molar-refractivity contribution in [1.82, 2.24) is 10.2 Å². The lowest BCUT2D eigenvalue weighted by Gasteiger charge is -2.37. The maximum Gasteiger partial charge on any atom is 0.234 e. The molecule has 116 valence electrons. The van der Waals surface area contributed by atoms with Crippen LogP contribution in [0, 0.1) is 0 Å². The van der Waals surface area contributed by atoms with Crippen LogP contribution in [0.2, 0.25) is 0 Å². The summed E-state index contributed by atoms with van der Waals surface area (Å²) in [7, 11) is 0. The molecule has 4 nitrogen and oxygen atoms in total. The lowest BCUT2D eigenvalue weighted by atomic mass is 9.99. The minimum atomic E-state index is -0.269. The number of piperidine rings is 1. The summed E-state index contributed by atoms with van der Waals surface area (Å²) in [6.07, 6.45) is 3.25. The number of likely N-dealkylation sites (tertiary alicyclic amines) is 1. The van der Waals surface area contributed by atoms with Crippen molar-refractivity contribution in [3.63, 3.8) is 0 Å². The van der Waals surface area contributed by atoms with Gasteiger partial charge in [0.2, 0.25) is 5.91 Å². The standard InChI is InChI=1S/C17H27N3O/c1-13(12-15-6-4-3-5-7-15)20-10-8-16(9-11-20)19-14(2)17(18)21/h3-7,13-14,16,19H,8-12H2,1-2H3,(H2,18,21)/t13?,14-/m1/s1. The van der Waals surface area contributed by atoms with Crippen LogP contribution in [0.15, 0.2) is 30.3 Å². The van der Waals surface area contributed by atoms with E-state index in [1.165, 1.54) is 5.56 Å². The highest BCUT2D eigenvalue weighted by Gasteiger charge is 2.24. The Bertz CT molecular complexity index is 441. The Kier molecular flexibility index (Phi) is 5.76. The first-order valence-electron chi connectivity index (χ1n) is 7.89. The molecule has 0 radical (unpaired) electrons. The summed E-state index contributed by atoms with van der Waals surface area (Å²) < 4.78 is 0. The molecule has 1 aromatic carbocycles. The maximum absolute atomic E-state index is 11.1. The van der Waals surface area contributed by atoms with Gasteiger partial charge in [-0.1, -0.05) is 30.3 Å². The first-order valence-corrected chi connectivity index (χ1v) is 7.89. The molecule has 0 aliphatic carbocycles. The third-order valence-corrected chi connectivity index (χ3v) is 4.44. The van der Waals surface area contributed by atoms with Crippen LogP contribution in [0.3, 0.4) is 0 Å². The molecule has 0 aromatic heterocycles. The molecule has 1 fully saturated rings. The second kappa shape index (κ2) is 7.57. The summed E-state index contributed by atoms with van der Waals surface area (Å²) in [4.78, 5) is 13.6. The summed E-state index contributed by atoms with van der Waals surface area (Å²) in [5.74, 6) is -0.269. The molecule has 2 rings (SSSR count). The highest BCUT2D eigenvalue weighted by molar-refractivity contribution is 5.79. The van der Waals surface area contributed by atoms with Gasteiger partial charge in [0, 0.05) is 12.1 Å². The van der Waals surface area contributed by atoms with E-state index in [1.54, 1.807) is 0 Å². The third kappa shape index (κ3) is 4.83. The zero-order valence-corrected chi connectivity index (χ0v) is 13.1. The van der Waals surface area contributed by atoms with E-state index >= 15 is 0 Å². The Balaban J connectivity index is 1.77. The number of carbonyl (C=O) groups excluding carboxylic acids is 1. The molecule has 1 amide bonds. The molecule has 0 spiro atoms. The van der Waals surface area contributed by atoms with Crippen molar-refractivity contribution in [2.24, 2.45) is 5.73 Å². The number of amides is 1. The smallest absolute Gasteiger partial charge is 0.234 e. The van der Waals surface area contributed by atoms with Gasteiger partial charge < -0.3 is 16.0 Å².